The summed E-state index contributed by atoms with van der Waals surface area (Å²) >= 11 is 0. The Morgan fingerprint density at radius 3 is 2.71 bits per heavy atom. The van der Waals surface area contributed by atoms with Crippen molar-refractivity contribution in [2.45, 2.75) is 13.3 Å². The number of nitrogens with one attached hydrogen (secondary N) is 1. The molecule has 0 rings (SSSR count). The van der Waals surface area contributed by atoms with Crippen molar-refractivity contribution < 1.29 is 22.5 Å². The van der Waals surface area contributed by atoms with Gasteiger partial charge in [-0.25, -0.2) is 0 Å². The van der Waals surface area contributed by atoms with E-state index in [0.717, 1.165) is 0 Å². The third-order valence-electron chi connectivity index (χ3n) is 2.01. The Labute approximate surface area is 101 Å². The van der Waals surface area contributed by atoms with Gasteiger partial charge in [-0.1, -0.05) is 12.8 Å². The van der Waals surface area contributed by atoms with Crippen LogP contribution in [0.25, 0.3) is 0 Å². The van der Waals surface area contributed by atoms with Gasteiger partial charge in [0.05, 0.1) is 18.3 Å². The normalized spacial score (nSPS) is 12.8. The minimum absolute atomic E-state index is 0.165. The summed E-state index contributed by atoms with van der Waals surface area (Å²) in [6, 6.07) is 0. The fraction of sp³-hybridized carbons (Fsp3) is 0.700. The van der Waals surface area contributed by atoms with E-state index in [1.807, 2.05) is 0 Å². The van der Waals surface area contributed by atoms with E-state index < -0.39 is 27.7 Å². The number of amides is 1. The molecule has 6 nitrogen and oxygen atoms in total. The molecule has 0 heterocycles. The molecule has 98 valence electrons. The zero-order chi connectivity index (χ0) is 13.3. The lowest BCUT2D eigenvalue weighted by Gasteiger charge is -2.13. The van der Waals surface area contributed by atoms with E-state index in [-0.39, 0.29) is 19.8 Å². The molecular weight excluding hydrogens is 246 g/mol. The minimum atomic E-state index is -4.14. The molecule has 0 aromatic carbocycles. The highest BCUT2D eigenvalue weighted by atomic mass is 32.2. The van der Waals surface area contributed by atoms with Crippen molar-refractivity contribution in [2.75, 3.05) is 25.5 Å². The molecule has 0 aliphatic rings. The first-order valence-corrected chi connectivity index (χ1v) is 6.75. The molecule has 0 aromatic rings. The maximum Gasteiger partial charge on any atom is 0.265 e. The summed E-state index contributed by atoms with van der Waals surface area (Å²) in [6.45, 7) is 2.35. The molecule has 0 radical (unpaired) electrons. The molecule has 0 spiro atoms. The van der Waals surface area contributed by atoms with E-state index in [9.17, 15) is 13.2 Å². The molecule has 0 aliphatic carbocycles. The lowest BCUT2D eigenvalue weighted by atomic mass is 10.1. The van der Waals surface area contributed by atoms with Crippen molar-refractivity contribution in [1.82, 2.24) is 5.32 Å². The maximum absolute atomic E-state index is 11.5. The van der Waals surface area contributed by atoms with Gasteiger partial charge in [0.1, 0.15) is 6.61 Å². The monoisotopic (exact) mass is 263 g/mol. The van der Waals surface area contributed by atoms with Gasteiger partial charge in [0.2, 0.25) is 5.91 Å². The van der Waals surface area contributed by atoms with Crippen LogP contribution in [0.5, 0.6) is 0 Å². The molecule has 1 amide bonds. The van der Waals surface area contributed by atoms with Gasteiger partial charge in [-0.15, -0.1) is 6.42 Å². The van der Waals surface area contributed by atoms with Crippen LogP contribution in [0.3, 0.4) is 0 Å². The summed E-state index contributed by atoms with van der Waals surface area (Å²) in [7, 11) is -4.14. The van der Waals surface area contributed by atoms with E-state index in [0.29, 0.717) is 6.42 Å². The summed E-state index contributed by atoms with van der Waals surface area (Å²) in [5.74, 6) is 0.531. The topological polar surface area (TPSA) is 92.7 Å². The van der Waals surface area contributed by atoms with Crippen LogP contribution in [0.2, 0.25) is 0 Å². The second kappa shape index (κ2) is 8.06. The van der Waals surface area contributed by atoms with Crippen LogP contribution in [-0.4, -0.2) is 44.4 Å². The molecule has 0 unspecified atom stereocenters. The summed E-state index contributed by atoms with van der Waals surface area (Å²) in [4.78, 5) is 11.5. The van der Waals surface area contributed by atoms with Crippen LogP contribution in [0, 0.1) is 18.3 Å². The third kappa shape index (κ3) is 8.68. The summed E-state index contributed by atoms with van der Waals surface area (Å²) < 4.78 is 34.9. The number of carbonyl (C=O) groups is 1. The Kier molecular flexibility index (Phi) is 7.54. The molecular formula is C10H17NO5S. The Bertz CT molecular complexity index is 371. The first-order valence-electron chi connectivity index (χ1n) is 5.14. The Hall–Kier alpha value is -1.10. The van der Waals surface area contributed by atoms with Gasteiger partial charge in [0, 0.05) is 6.54 Å². The lowest BCUT2D eigenvalue weighted by molar-refractivity contribution is -0.124. The Morgan fingerprint density at radius 2 is 2.24 bits per heavy atom. The Balaban J connectivity index is 3.98. The van der Waals surface area contributed by atoms with Crippen molar-refractivity contribution in [3.8, 4) is 12.3 Å². The lowest BCUT2D eigenvalue weighted by Crippen LogP contribution is -2.36. The second-order valence-corrected chi connectivity index (χ2v) is 4.90. The largest absolute Gasteiger partial charge is 0.367 e. The van der Waals surface area contributed by atoms with Crippen molar-refractivity contribution in [3.63, 3.8) is 0 Å². The molecule has 0 saturated carbocycles. The molecule has 7 heteroatoms. The number of hydrogen-bond acceptors (Lipinski definition) is 4. The van der Waals surface area contributed by atoms with Crippen LogP contribution < -0.4 is 5.32 Å². The molecule has 0 saturated heterocycles. The van der Waals surface area contributed by atoms with Gasteiger partial charge in [-0.2, -0.15) is 8.42 Å². The molecule has 0 aliphatic heterocycles. The standard InChI is InChI=1S/C10H17NO5S/c1-3-6-16-7-5-11-10(12)9(4-2)8-17(13,14)15/h1,9H,4-8H2,2H3,(H,11,12)(H,13,14,15)/t9-/m0/s1. The van der Waals surface area contributed by atoms with Gasteiger partial charge in [0.25, 0.3) is 10.1 Å². The van der Waals surface area contributed by atoms with Crippen molar-refractivity contribution >= 4 is 16.0 Å². The van der Waals surface area contributed by atoms with Gasteiger partial charge in [-0.05, 0) is 6.42 Å². The van der Waals surface area contributed by atoms with Crippen molar-refractivity contribution in [3.05, 3.63) is 0 Å². The molecule has 1 atom stereocenters. The SMILES string of the molecule is C#CCOCCNC(=O)[C@@H](CC)CS(=O)(=O)O. The third-order valence-corrected chi connectivity index (χ3v) is 2.83. The van der Waals surface area contributed by atoms with Crippen LogP contribution in [-0.2, 0) is 19.6 Å². The van der Waals surface area contributed by atoms with Crippen molar-refractivity contribution in [2.24, 2.45) is 5.92 Å². The smallest absolute Gasteiger partial charge is 0.265 e. The predicted octanol–water partition coefficient (Wildman–Crippen LogP) is -0.334. The highest BCUT2D eigenvalue weighted by molar-refractivity contribution is 7.85. The number of carbonyl (C=O) groups excluding carboxylic acids is 1. The predicted molar refractivity (Wildman–Crippen MR) is 62.9 cm³/mol. The summed E-state index contributed by atoms with van der Waals surface area (Å²) in [6.07, 6.45) is 5.28. The molecule has 17 heavy (non-hydrogen) atoms. The van der Waals surface area contributed by atoms with Gasteiger partial charge in [0.15, 0.2) is 0 Å². The van der Waals surface area contributed by atoms with Crippen LogP contribution >= 0.6 is 0 Å². The Morgan fingerprint density at radius 1 is 1.59 bits per heavy atom. The van der Waals surface area contributed by atoms with Gasteiger partial charge < -0.3 is 10.1 Å². The molecule has 2 N–H and O–H groups in total. The number of hydrogen-bond donors (Lipinski definition) is 2. The van der Waals surface area contributed by atoms with Crippen LogP contribution in [0.15, 0.2) is 0 Å². The zero-order valence-electron chi connectivity index (χ0n) is 9.68. The molecule has 0 aromatic heterocycles. The van der Waals surface area contributed by atoms with E-state index in [1.54, 1.807) is 6.92 Å². The quantitative estimate of drug-likeness (QED) is 0.355. The van der Waals surface area contributed by atoms with Gasteiger partial charge in [-0.3, -0.25) is 9.35 Å². The fourth-order valence-corrected chi connectivity index (χ4v) is 2.05. The summed E-state index contributed by atoms with van der Waals surface area (Å²) in [5.41, 5.74) is 0. The first-order chi connectivity index (χ1) is 7.90. The van der Waals surface area contributed by atoms with E-state index in [4.69, 9.17) is 15.7 Å². The van der Waals surface area contributed by atoms with E-state index >= 15 is 0 Å². The minimum Gasteiger partial charge on any atom is -0.367 e. The highest BCUT2D eigenvalue weighted by Crippen LogP contribution is 2.05. The molecule has 0 bridgehead atoms. The maximum atomic E-state index is 11.5. The highest BCUT2D eigenvalue weighted by Gasteiger charge is 2.22. The number of rotatable bonds is 8. The first kappa shape index (κ1) is 15.9. The van der Waals surface area contributed by atoms with Crippen LogP contribution in [0.1, 0.15) is 13.3 Å². The average Bonchev–Trinajstić information content (AvgIpc) is 2.24. The van der Waals surface area contributed by atoms with Gasteiger partial charge >= 0.3 is 0 Å². The van der Waals surface area contributed by atoms with E-state index in [2.05, 4.69) is 11.2 Å². The summed E-state index contributed by atoms with van der Waals surface area (Å²) in [5, 5.41) is 2.51. The fourth-order valence-electron chi connectivity index (χ4n) is 1.16. The zero-order valence-corrected chi connectivity index (χ0v) is 10.5. The number of ether oxygens (including phenoxy) is 1. The average molecular weight is 263 g/mol. The van der Waals surface area contributed by atoms with Crippen molar-refractivity contribution in [1.29, 1.82) is 0 Å². The van der Waals surface area contributed by atoms with Crippen LogP contribution in [0.4, 0.5) is 0 Å². The number of terminal acetylenes is 1. The van der Waals surface area contributed by atoms with E-state index in [1.165, 1.54) is 0 Å². The molecule has 0 fully saturated rings. The second-order valence-electron chi connectivity index (χ2n) is 3.40.